The van der Waals surface area contributed by atoms with Gasteiger partial charge in [0, 0.05) is 25.7 Å². The van der Waals surface area contributed by atoms with Gasteiger partial charge in [0.05, 0.1) is 5.41 Å². The molecule has 0 spiro atoms. The molecule has 13 rings (SSSR count). The van der Waals surface area contributed by atoms with Crippen LogP contribution in [-0.4, -0.2) is 0 Å². The van der Waals surface area contributed by atoms with E-state index in [9.17, 15) is 0 Å². The lowest BCUT2D eigenvalue weighted by atomic mass is 9.68. The van der Waals surface area contributed by atoms with Gasteiger partial charge in [-0.05, 0) is 105 Å². The van der Waals surface area contributed by atoms with E-state index in [0.717, 1.165) is 0 Å². The van der Waals surface area contributed by atoms with Gasteiger partial charge in [0.15, 0.2) is 0 Å². The summed E-state index contributed by atoms with van der Waals surface area (Å²) in [5.74, 6) is 0. The van der Waals surface area contributed by atoms with Crippen molar-refractivity contribution in [3.63, 3.8) is 0 Å². The van der Waals surface area contributed by atoms with Gasteiger partial charge in [-0.1, -0.05) is 206 Å². The molecule has 0 atom stereocenters. The Morgan fingerprint density at radius 1 is 0.300 bits per heavy atom. The molecule has 0 bridgehead atoms. The summed E-state index contributed by atoms with van der Waals surface area (Å²) in [7, 11) is 0. The molecule has 11 aromatic carbocycles. The first kappa shape index (κ1) is 33.6. The average molecular weight is 777 g/mol. The van der Waals surface area contributed by atoms with Gasteiger partial charge in [0.1, 0.15) is 0 Å². The van der Waals surface area contributed by atoms with Crippen molar-refractivity contribution in [2.45, 2.75) is 5.41 Å². The van der Waals surface area contributed by atoms with Crippen molar-refractivity contribution in [3.8, 4) is 33.4 Å². The molecule has 1 heterocycles. The Hall–Kier alpha value is -7.32. The molecule has 60 heavy (non-hydrogen) atoms. The minimum atomic E-state index is -0.434. The van der Waals surface area contributed by atoms with Crippen LogP contribution in [0, 0.1) is 0 Å². The monoisotopic (exact) mass is 776 g/mol. The third kappa shape index (κ3) is 4.56. The fourth-order valence-corrected chi connectivity index (χ4v) is 12.1. The van der Waals surface area contributed by atoms with Gasteiger partial charge >= 0.3 is 0 Å². The second kappa shape index (κ2) is 12.8. The number of hydrogen-bond acceptors (Lipinski definition) is 1. The maximum absolute atomic E-state index is 2.53. The summed E-state index contributed by atoms with van der Waals surface area (Å²) in [5, 5.41) is 12.8. The van der Waals surface area contributed by atoms with Gasteiger partial charge in [-0.15, -0.1) is 11.3 Å². The fourth-order valence-electron chi connectivity index (χ4n) is 10.9. The van der Waals surface area contributed by atoms with Crippen molar-refractivity contribution in [1.29, 1.82) is 0 Å². The Morgan fingerprint density at radius 2 is 0.800 bits per heavy atom. The fraction of sp³-hybridized carbons (Fsp3) is 0.0169. The molecule has 0 saturated heterocycles. The molecule has 1 aliphatic rings. The van der Waals surface area contributed by atoms with E-state index in [2.05, 4.69) is 218 Å². The van der Waals surface area contributed by atoms with Gasteiger partial charge in [-0.25, -0.2) is 0 Å². The minimum absolute atomic E-state index is 0.434. The number of rotatable bonds is 4. The first-order valence-electron chi connectivity index (χ1n) is 20.8. The minimum Gasteiger partial charge on any atom is -0.135 e. The van der Waals surface area contributed by atoms with Gasteiger partial charge in [-0.2, -0.15) is 0 Å². The van der Waals surface area contributed by atoms with E-state index in [4.69, 9.17) is 0 Å². The summed E-state index contributed by atoms with van der Waals surface area (Å²) in [4.78, 5) is 0. The molecule has 0 nitrogen and oxygen atoms in total. The predicted molar refractivity (Wildman–Crippen MR) is 258 cm³/mol. The zero-order valence-corrected chi connectivity index (χ0v) is 33.5. The van der Waals surface area contributed by atoms with Gasteiger partial charge < -0.3 is 0 Å². The van der Waals surface area contributed by atoms with E-state index in [-0.39, 0.29) is 0 Å². The lowest BCUT2D eigenvalue weighted by molar-refractivity contribution is 0.770. The Labute approximate surface area is 352 Å². The molecule has 1 aliphatic carbocycles. The lowest BCUT2D eigenvalue weighted by Gasteiger charge is -2.33. The van der Waals surface area contributed by atoms with Crippen LogP contribution in [0.25, 0.3) is 96.6 Å². The van der Waals surface area contributed by atoms with Gasteiger partial charge in [-0.3, -0.25) is 0 Å². The van der Waals surface area contributed by atoms with Crippen LogP contribution >= 0.6 is 11.3 Å². The van der Waals surface area contributed by atoms with Crippen LogP contribution in [-0.2, 0) is 5.41 Å². The lowest BCUT2D eigenvalue weighted by Crippen LogP contribution is -2.28. The largest absolute Gasteiger partial charge is 0.135 e. The molecule has 0 unspecified atom stereocenters. The average Bonchev–Trinajstić information content (AvgIpc) is 3.83. The molecular weight excluding hydrogens is 741 g/mol. The Morgan fingerprint density at radius 3 is 1.50 bits per heavy atom. The SMILES string of the molecule is c1ccc(C2(c3ccccc3)c3ccccc3-c3cc4c(cc32)sc2c(-c3c5ccccc5c(-c5cccc6ccc7ccccc7c56)c5ccccc35)cccc24)cc1. The molecule has 0 radical (unpaired) electrons. The van der Waals surface area contributed by atoms with Crippen LogP contribution in [0.2, 0.25) is 0 Å². The third-order valence-electron chi connectivity index (χ3n) is 13.3. The molecule has 1 aromatic heterocycles. The topological polar surface area (TPSA) is 0 Å². The van der Waals surface area contributed by atoms with Crippen molar-refractivity contribution < 1.29 is 0 Å². The first-order chi connectivity index (χ1) is 29.8. The molecule has 0 fully saturated rings. The predicted octanol–water partition coefficient (Wildman–Crippen LogP) is 16.4. The van der Waals surface area contributed by atoms with Crippen LogP contribution in [0.15, 0.2) is 218 Å². The molecule has 1 heteroatoms. The molecule has 0 saturated carbocycles. The standard InChI is InChI=1S/C59H36S/c1-3-19-39(20-4-1)59(40-21-5-2-6-22-40)52-32-14-13-24-42(52)50-35-51-47-29-16-31-49(58(47)60-54(51)36-53(50)59)57-45-27-11-9-25-43(45)56(44-26-10-12-28-46(44)57)48-30-15-18-38-34-33-37-17-7-8-23-41(37)55(38)48/h1-36H. The van der Waals surface area contributed by atoms with Crippen molar-refractivity contribution in [2.24, 2.45) is 0 Å². The highest BCUT2D eigenvalue weighted by atomic mass is 32.1. The van der Waals surface area contributed by atoms with Gasteiger partial charge in [0.25, 0.3) is 0 Å². The number of thiophene rings is 1. The Bertz CT molecular complexity index is 3610. The molecule has 0 aliphatic heterocycles. The highest BCUT2D eigenvalue weighted by Gasteiger charge is 2.46. The van der Waals surface area contributed by atoms with Crippen LogP contribution in [0.3, 0.4) is 0 Å². The first-order valence-corrected chi connectivity index (χ1v) is 21.7. The van der Waals surface area contributed by atoms with E-state index >= 15 is 0 Å². The zero-order chi connectivity index (χ0) is 39.4. The second-order valence-electron chi connectivity index (χ2n) is 16.2. The zero-order valence-electron chi connectivity index (χ0n) is 32.7. The van der Waals surface area contributed by atoms with E-state index in [1.165, 1.54) is 119 Å². The normalized spacial score (nSPS) is 13.1. The van der Waals surface area contributed by atoms with E-state index in [1.54, 1.807) is 0 Å². The third-order valence-corrected chi connectivity index (χ3v) is 14.5. The number of benzene rings is 11. The van der Waals surface area contributed by atoms with Crippen LogP contribution in [0.5, 0.6) is 0 Å². The Balaban J connectivity index is 1.11. The van der Waals surface area contributed by atoms with Crippen molar-refractivity contribution in [2.75, 3.05) is 0 Å². The molecule has 0 amide bonds. The quantitative estimate of drug-likeness (QED) is 0.123. The van der Waals surface area contributed by atoms with Crippen molar-refractivity contribution in [1.82, 2.24) is 0 Å². The maximum atomic E-state index is 2.53. The highest BCUT2D eigenvalue weighted by Crippen LogP contribution is 2.58. The molecule has 12 aromatic rings. The summed E-state index contributed by atoms with van der Waals surface area (Å²) in [6.07, 6.45) is 0. The van der Waals surface area contributed by atoms with Crippen LogP contribution in [0.4, 0.5) is 0 Å². The molecule has 0 N–H and O–H groups in total. The Kier molecular flexibility index (Phi) is 7.20. The number of fused-ring (bicyclic) bond motifs is 11. The maximum Gasteiger partial charge on any atom is 0.0714 e. The summed E-state index contributed by atoms with van der Waals surface area (Å²) in [6, 6.07) is 81.7. The smallest absolute Gasteiger partial charge is 0.0714 e. The van der Waals surface area contributed by atoms with E-state index < -0.39 is 5.41 Å². The van der Waals surface area contributed by atoms with E-state index in [0.29, 0.717) is 0 Å². The highest BCUT2D eigenvalue weighted by molar-refractivity contribution is 7.26. The van der Waals surface area contributed by atoms with Crippen LogP contribution < -0.4 is 0 Å². The molecule has 278 valence electrons. The van der Waals surface area contributed by atoms with Crippen LogP contribution in [0.1, 0.15) is 22.3 Å². The summed E-state index contributed by atoms with van der Waals surface area (Å²) in [6.45, 7) is 0. The van der Waals surface area contributed by atoms with E-state index in [1.807, 2.05) is 11.3 Å². The second-order valence-corrected chi connectivity index (χ2v) is 17.3. The summed E-state index contributed by atoms with van der Waals surface area (Å²) < 4.78 is 2.64. The van der Waals surface area contributed by atoms with Crippen molar-refractivity contribution in [3.05, 3.63) is 241 Å². The molecular formula is C59H36S. The summed E-state index contributed by atoms with van der Waals surface area (Å²) >= 11 is 1.94. The van der Waals surface area contributed by atoms with Crippen molar-refractivity contribution >= 4 is 74.6 Å². The number of hydrogen-bond donors (Lipinski definition) is 0. The summed E-state index contributed by atoms with van der Waals surface area (Å²) in [5.41, 5.74) is 12.6. The van der Waals surface area contributed by atoms with Gasteiger partial charge in [0.2, 0.25) is 0 Å².